The van der Waals surface area contributed by atoms with E-state index in [9.17, 15) is 0 Å². The summed E-state index contributed by atoms with van der Waals surface area (Å²) in [5, 5.41) is 6.38. The van der Waals surface area contributed by atoms with Crippen molar-refractivity contribution < 1.29 is 0 Å². The lowest BCUT2D eigenvalue weighted by Crippen LogP contribution is -2.39. The predicted molar refractivity (Wildman–Crippen MR) is 205 cm³/mol. The summed E-state index contributed by atoms with van der Waals surface area (Å²) < 4.78 is 0. The highest BCUT2D eigenvalue weighted by Crippen LogP contribution is 2.37. The first-order valence-corrected chi connectivity index (χ1v) is 17.9. The van der Waals surface area contributed by atoms with Crippen molar-refractivity contribution in [3.8, 4) is 0 Å². The van der Waals surface area contributed by atoms with Gasteiger partial charge in [-0.05, 0) is 110 Å². The first-order chi connectivity index (χ1) is 23.7. The van der Waals surface area contributed by atoms with Crippen LogP contribution in [0.2, 0.25) is 0 Å². The van der Waals surface area contributed by atoms with Crippen LogP contribution in [0.15, 0.2) is 168 Å². The molecule has 0 bridgehead atoms. The second-order valence-corrected chi connectivity index (χ2v) is 13.5. The quantitative estimate of drug-likeness (QED) is 0.264. The number of fused-ring (bicyclic) bond motifs is 2. The van der Waals surface area contributed by atoms with Crippen LogP contribution in [-0.4, -0.2) is 10.9 Å². The number of nitrogens with one attached hydrogen (secondary N) is 1. The van der Waals surface area contributed by atoms with E-state index in [1.54, 1.807) is 0 Å². The minimum atomic E-state index is 0.304. The average molecular weight is 629 g/mol. The summed E-state index contributed by atoms with van der Waals surface area (Å²) in [6, 6.07) is 18.1. The summed E-state index contributed by atoms with van der Waals surface area (Å²) in [6.07, 6.45) is 45.7. The van der Waals surface area contributed by atoms with E-state index < -0.39 is 0 Å². The Kier molecular flexibility index (Phi) is 9.89. The Hall–Kier alpha value is -4.82. The highest BCUT2D eigenvalue weighted by Gasteiger charge is 2.28. The molecule has 0 aliphatic heterocycles. The van der Waals surface area contributed by atoms with E-state index in [0.717, 1.165) is 44.2 Å². The Morgan fingerprint density at radius 1 is 0.771 bits per heavy atom. The maximum absolute atomic E-state index is 3.69. The van der Waals surface area contributed by atoms with Crippen molar-refractivity contribution in [1.82, 2.24) is 4.90 Å². The molecule has 0 heterocycles. The van der Waals surface area contributed by atoms with Crippen molar-refractivity contribution in [2.75, 3.05) is 5.32 Å². The van der Waals surface area contributed by atoms with Gasteiger partial charge in [0.25, 0.3) is 0 Å². The molecule has 2 nitrogen and oxygen atoms in total. The van der Waals surface area contributed by atoms with E-state index in [0.29, 0.717) is 23.8 Å². The summed E-state index contributed by atoms with van der Waals surface area (Å²) in [7, 11) is 0. The molecule has 0 amide bonds. The van der Waals surface area contributed by atoms with Gasteiger partial charge < -0.3 is 10.2 Å². The molecule has 7 rings (SSSR count). The minimum Gasteiger partial charge on any atom is -0.359 e. The Morgan fingerprint density at radius 2 is 1.54 bits per heavy atom. The van der Waals surface area contributed by atoms with Crippen molar-refractivity contribution in [3.63, 3.8) is 0 Å². The third-order valence-electron chi connectivity index (χ3n) is 10.3. The van der Waals surface area contributed by atoms with Gasteiger partial charge in [0.15, 0.2) is 0 Å². The van der Waals surface area contributed by atoms with Crippen LogP contribution in [0.3, 0.4) is 0 Å². The smallest absolute Gasteiger partial charge is 0.0562 e. The van der Waals surface area contributed by atoms with Gasteiger partial charge in [-0.1, -0.05) is 121 Å². The fourth-order valence-electron chi connectivity index (χ4n) is 7.69. The highest BCUT2D eigenvalue weighted by atomic mass is 15.2. The monoisotopic (exact) mass is 628 g/mol. The second-order valence-electron chi connectivity index (χ2n) is 13.5. The van der Waals surface area contributed by atoms with Crippen molar-refractivity contribution in [1.29, 1.82) is 0 Å². The van der Waals surface area contributed by atoms with E-state index in [1.165, 1.54) is 44.2 Å². The molecule has 0 saturated carbocycles. The van der Waals surface area contributed by atoms with Crippen LogP contribution < -0.4 is 15.8 Å². The molecule has 4 atom stereocenters. The van der Waals surface area contributed by atoms with Gasteiger partial charge in [-0.3, -0.25) is 0 Å². The molecule has 48 heavy (non-hydrogen) atoms. The number of nitrogens with zero attached hydrogens (tertiary/aromatic N) is 1. The lowest BCUT2D eigenvalue weighted by atomic mass is 9.83. The maximum Gasteiger partial charge on any atom is 0.0562 e. The van der Waals surface area contributed by atoms with Crippen LogP contribution in [-0.2, 0) is 0 Å². The lowest BCUT2D eigenvalue weighted by Gasteiger charge is -2.39. The van der Waals surface area contributed by atoms with Gasteiger partial charge in [0.05, 0.1) is 6.04 Å². The summed E-state index contributed by atoms with van der Waals surface area (Å²) in [6.45, 7) is 4.19. The number of anilines is 1. The third kappa shape index (κ3) is 7.19. The molecule has 5 aliphatic carbocycles. The average Bonchev–Trinajstić information content (AvgIpc) is 3.14. The van der Waals surface area contributed by atoms with Crippen molar-refractivity contribution >= 4 is 17.8 Å². The van der Waals surface area contributed by atoms with E-state index in [2.05, 4.69) is 176 Å². The first-order valence-electron chi connectivity index (χ1n) is 17.9. The van der Waals surface area contributed by atoms with Crippen LogP contribution in [0.4, 0.5) is 5.69 Å². The predicted octanol–water partition coefficient (Wildman–Crippen LogP) is 10.1. The zero-order valence-corrected chi connectivity index (χ0v) is 28.4. The zero-order valence-electron chi connectivity index (χ0n) is 28.4. The van der Waals surface area contributed by atoms with Gasteiger partial charge in [-0.25, -0.2) is 0 Å². The standard InChI is InChI=1S/C46H48N2/c1-3-5-11-34(10-4-2)37-16-24-42(25-17-37)47-43-26-18-38(19-27-43)39-20-28-44(29-21-39)48(45-30-22-35-12-6-8-14-40(35)32-45)46-31-23-36-13-7-9-15-41(36)33-46/h3-10,12-18,20,22-26,28,30,32-35,40,46-47H,11,19,21,27,29,31H2,1-2H3/b5-3-,10-4-. The Labute approximate surface area is 287 Å². The maximum atomic E-state index is 3.69. The molecule has 5 aliphatic rings. The van der Waals surface area contributed by atoms with Crippen LogP contribution in [0.25, 0.3) is 12.2 Å². The number of hydrogen-bond acceptors (Lipinski definition) is 2. The van der Waals surface area contributed by atoms with Gasteiger partial charge in [-0.15, -0.1) is 0 Å². The first kappa shape index (κ1) is 31.8. The normalized spacial score (nSPS) is 23.5. The molecule has 0 spiro atoms. The molecule has 1 N–H and O–H groups in total. The van der Waals surface area contributed by atoms with Gasteiger partial charge in [0.1, 0.15) is 0 Å². The third-order valence-corrected chi connectivity index (χ3v) is 10.3. The Morgan fingerprint density at radius 3 is 2.27 bits per heavy atom. The van der Waals surface area contributed by atoms with Gasteiger partial charge in [0, 0.05) is 40.5 Å². The number of hydrogen-bond donors (Lipinski definition) is 1. The number of rotatable bonds is 10. The van der Waals surface area contributed by atoms with Crippen LogP contribution in [0.5, 0.6) is 0 Å². The van der Waals surface area contributed by atoms with Crippen LogP contribution in [0.1, 0.15) is 63.9 Å². The SMILES string of the molecule is C/C=C\CC(/C=C\C)c1ccc(NC2=CC=C(C3=CC=C(N(C4=CC5C=CC=CC5C=C4)C4C=c5ccccc5=CC4)CC3)CC2)cc1. The Bertz CT molecular complexity index is 1930. The molecule has 0 radical (unpaired) electrons. The molecule has 2 heteroatoms. The molecular weight excluding hydrogens is 581 g/mol. The number of allylic oxidation sites excluding steroid dienone is 19. The summed E-state index contributed by atoms with van der Waals surface area (Å²) in [5.41, 5.74) is 9.50. The summed E-state index contributed by atoms with van der Waals surface area (Å²) in [4.78, 5) is 2.63. The molecule has 2 aromatic rings. The second kappa shape index (κ2) is 14.9. The van der Waals surface area contributed by atoms with Crippen molar-refractivity contribution in [2.45, 2.75) is 64.3 Å². The number of benzene rings is 2. The van der Waals surface area contributed by atoms with E-state index in [-0.39, 0.29) is 0 Å². The summed E-state index contributed by atoms with van der Waals surface area (Å²) >= 11 is 0. The van der Waals surface area contributed by atoms with Gasteiger partial charge in [0.2, 0.25) is 0 Å². The molecule has 0 saturated heterocycles. The van der Waals surface area contributed by atoms with Crippen molar-refractivity contribution in [3.05, 3.63) is 184 Å². The molecule has 0 fully saturated rings. The topological polar surface area (TPSA) is 15.3 Å². The molecule has 4 unspecified atom stereocenters. The molecule has 0 aromatic heterocycles. The Balaban J connectivity index is 1.08. The molecule has 2 aromatic carbocycles. The van der Waals surface area contributed by atoms with Crippen LogP contribution in [0, 0.1) is 11.8 Å². The lowest BCUT2D eigenvalue weighted by molar-refractivity contribution is 0.369. The summed E-state index contributed by atoms with van der Waals surface area (Å²) in [5.74, 6) is 1.31. The van der Waals surface area contributed by atoms with E-state index in [4.69, 9.17) is 0 Å². The van der Waals surface area contributed by atoms with Gasteiger partial charge >= 0.3 is 0 Å². The van der Waals surface area contributed by atoms with Gasteiger partial charge in [-0.2, -0.15) is 0 Å². The van der Waals surface area contributed by atoms with Crippen LogP contribution >= 0.6 is 0 Å². The molecule has 242 valence electrons. The fraction of sp³-hybridized carbons (Fsp3) is 0.261. The minimum absolute atomic E-state index is 0.304. The van der Waals surface area contributed by atoms with Crippen molar-refractivity contribution in [2.24, 2.45) is 11.8 Å². The highest BCUT2D eigenvalue weighted by molar-refractivity contribution is 5.53. The zero-order chi connectivity index (χ0) is 32.7. The van der Waals surface area contributed by atoms with E-state index >= 15 is 0 Å². The fourth-order valence-corrected chi connectivity index (χ4v) is 7.69. The van der Waals surface area contributed by atoms with E-state index in [1.807, 2.05) is 0 Å². The largest absolute Gasteiger partial charge is 0.359 e. The molecular formula is C46H48N2.